The first-order chi connectivity index (χ1) is 69.6. The van der Waals surface area contributed by atoms with Gasteiger partial charge in [-0.2, -0.15) is 25.5 Å². The lowest BCUT2D eigenvalue weighted by atomic mass is 9.96. The maximum Gasteiger partial charge on any atom is 0.361 e. The van der Waals surface area contributed by atoms with Crippen LogP contribution in [0.4, 0.5) is 29.1 Å². The fraction of sp³-hybridized carbons (Fsp3) is 0.135. The lowest BCUT2D eigenvalue weighted by Gasteiger charge is -2.25. The van der Waals surface area contributed by atoms with Crippen molar-refractivity contribution < 1.29 is 47.7 Å². The summed E-state index contributed by atoms with van der Waals surface area (Å²) in [5, 5.41) is 41.0. The van der Waals surface area contributed by atoms with Crippen LogP contribution in [-0.4, -0.2) is 162 Å². The smallest absolute Gasteiger partial charge is 0.361 e. The number of benzene rings is 10. The molecule has 0 aliphatic heterocycles. The van der Waals surface area contributed by atoms with Gasteiger partial charge in [0.2, 0.25) is 0 Å². The van der Waals surface area contributed by atoms with Crippen LogP contribution in [-0.2, 0) is 23.7 Å². The van der Waals surface area contributed by atoms with E-state index in [1.54, 1.807) is 89.0 Å². The zero-order valence-electron chi connectivity index (χ0n) is 77.1. The molecule has 35 nitrogen and oxygen atoms in total. The van der Waals surface area contributed by atoms with Crippen molar-refractivity contribution in [3.05, 3.63) is 297 Å². The third-order valence-corrected chi connectivity index (χ3v) is 24.2. The van der Waals surface area contributed by atoms with E-state index in [0.29, 0.717) is 110 Å². The van der Waals surface area contributed by atoms with E-state index >= 15 is 0 Å². The minimum Gasteiger partial charge on any atom is -0.464 e. The molecule has 720 valence electrons. The van der Waals surface area contributed by atoms with Crippen molar-refractivity contribution in [2.45, 2.75) is 77.6 Å². The van der Waals surface area contributed by atoms with Crippen molar-refractivity contribution in [1.29, 1.82) is 0 Å². The number of anilines is 5. The molecule has 0 bridgehead atoms. The lowest BCUT2D eigenvalue weighted by molar-refractivity contribution is 0.00592. The van der Waals surface area contributed by atoms with Gasteiger partial charge in [0, 0.05) is 82.6 Å². The Hall–Kier alpha value is -17.3. The van der Waals surface area contributed by atoms with Gasteiger partial charge in [-0.3, -0.25) is 25.5 Å². The van der Waals surface area contributed by atoms with Crippen LogP contribution in [0.25, 0.3) is 167 Å². The minimum absolute atomic E-state index is 0.0000563. The summed E-state index contributed by atoms with van der Waals surface area (Å²) in [4.78, 5) is 108. The number of aromatic nitrogens is 20. The second-order valence-corrected chi connectivity index (χ2v) is 35.9. The van der Waals surface area contributed by atoms with Gasteiger partial charge in [0.25, 0.3) is 0 Å². The Morgan fingerprint density at radius 2 is 0.528 bits per heavy atom. The topological polar surface area (TPSA) is 534 Å². The number of rotatable bonds is 18. The largest absolute Gasteiger partial charge is 0.464 e. The van der Waals surface area contributed by atoms with Crippen molar-refractivity contribution in [1.82, 2.24) is 101 Å². The summed E-state index contributed by atoms with van der Waals surface area (Å²) in [6.07, 6.45) is 12.7. The summed E-state index contributed by atoms with van der Waals surface area (Å²) >= 11 is 32.1. The van der Waals surface area contributed by atoms with E-state index in [1.165, 1.54) is 7.11 Å². The highest BCUT2D eigenvalue weighted by Crippen LogP contribution is 2.43. The molecule has 0 unspecified atom stereocenters. The van der Waals surface area contributed by atoms with Gasteiger partial charge >= 0.3 is 29.8 Å². The average molecular weight is 2020 g/mol. The van der Waals surface area contributed by atoms with E-state index in [0.717, 1.165) is 114 Å². The Labute approximate surface area is 843 Å². The maximum absolute atomic E-state index is 12.7. The predicted molar refractivity (Wildman–Crippen MR) is 554 cm³/mol. The van der Waals surface area contributed by atoms with Crippen molar-refractivity contribution in [2.24, 2.45) is 0 Å². The van der Waals surface area contributed by atoms with Gasteiger partial charge in [0.15, 0.2) is 57.6 Å². The molecule has 20 aromatic rings. The number of nitrogens with zero attached hydrogens (tertiary/aromatic N) is 15. The number of nitrogens with one attached hydrogen (secondary N) is 5. The van der Waals surface area contributed by atoms with Gasteiger partial charge in [-0.25, -0.2) is 73.8 Å². The van der Waals surface area contributed by atoms with Crippen molar-refractivity contribution in [3.8, 4) is 113 Å². The molecular formula is C104H84Cl5N25O10. The number of ether oxygens (including phenoxy) is 5. The van der Waals surface area contributed by atoms with Crippen LogP contribution in [0.3, 0.4) is 0 Å². The van der Waals surface area contributed by atoms with E-state index < -0.39 is 35.4 Å². The highest BCUT2D eigenvalue weighted by molar-refractivity contribution is 6.37. The molecule has 0 atom stereocenters. The quantitative estimate of drug-likeness (QED) is 0.0282. The summed E-state index contributed by atoms with van der Waals surface area (Å²) in [5.74, 6) is -2.94. The van der Waals surface area contributed by atoms with Crippen LogP contribution in [0.2, 0.25) is 25.1 Å². The molecule has 10 heterocycles. The van der Waals surface area contributed by atoms with Crippen molar-refractivity contribution in [2.75, 3.05) is 42.4 Å². The number of aromatic amines is 5. The summed E-state index contributed by atoms with van der Waals surface area (Å²) in [6, 6.07) is 65.8. The number of carbonyl (C=O) groups excluding carboxylic acids is 5. The summed E-state index contributed by atoms with van der Waals surface area (Å²) < 4.78 is 26.2. The second kappa shape index (κ2) is 42.0. The first-order valence-electron chi connectivity index (χ1n) is 44.8. The van der Waals surface area contributed by atoms with Crippen LogP contribution >= 0.6 is 58.0 Å². The molecule has 0 spiro atoms. The molecule has 10 aromatic heterocycles. The fourth-order valence-electron chi connectivity index (χ4n) is 15.5. The molecule has 144 heavy (non-hydrogen) atoms. The average Bonchev–Trinajstić information content (AvgIpc) is 1.37. The Morgan fingerprint density at radius 1 is 0.306 bits per heavy atom. The summed E-state index contributed by atoms with van der Waals surface area (Å²) in [5.41, 5.74) is 45.9. The van der Waals surface area contributed by atoms with Gasteiger partial charge in [-0.05, 0) is 120 Å². The van der Waals surface area contributed by atoms with Gasteiger partial charge in [-0.1, -0.05) is 210 Å². The molecule has 2 aliphatic carbocycles. The predicted octanol–water partition coefficient (Wildman–Crippen LogP) is 21.6. The molecule has 0 amide bonds. The van der Waals surface area contributed by atoms with E-state index in [1.807, 2.05) is 182 Å². The number of methoxy groups -OCH3 is 1. The van der Waals surface area contributed by atoms with Gasteiger partial charge in [0.05, 0.1) is 154 Å². The van der Waals surface area contributed by atoms with Crippen LogP contribution in [0, 0.1) is 0 Å². The normalized spacial score (nSPS) is 12.2. The van der Waals surface area contributed by atoms with Crippen LogP contribution < -0.4 is 28.7 Å². The van der Waals surface area contributed by atoms with Crippen LogP contribution in [0.5, 0.6) is 0 Å². The highest BCUT2D eigenvalue weighted by atomic mass is 35.5. The number of nitrogen functional groups attached to an aromatic ring is 5. The molecule has 40 heteroatoms. The van der Waals surface area contributed by atoms with Crippen LogP contribution in [0.1, 0.15) is 112 Å². The third-order valence-electron chi connectivity index (χ3n) is 22.7. The van der Waals surface area contributed by atoms with E-state index in [-0.39, 0.29) is 76.4 Å². The van der Waals surface area contributed by atoms with E-state index in [2.05, 4.69) is 101 Å². The molecule has 0 saturated heterocycles. The third kappa shape index (κ3) is 21.3. The SMILES string of the molecule is CC(C)(C)OC(=O)c1nc(-c2cc(Cl)c3[nH]ncc3c2)c(-c2ccccc2)nc1N.CCOC(=O)c1nc(-c2cc(Cl)c3[nH]ncc3c2)c(-c2ccccc2)nc1N.COC(=O)c1nc(-c2cc(Cl)c3[nH]ncc3c2)c(-c2ccccc2)nc1N.Nc1nc(-c2ccccc2)c(-c2cc(Cl)c3[nH]ncc3c2)nc1C(=O)OC1CC1.Nc1nc(-c2ccccc2)c(-c2cc(Cl)c3[nH]ncc3c2)nc1C(=O)OC1CCC1. The maximum atomic E-state index is 12.7. The number of fused-ring (bicyclic) bond motifs is 5. The van der Waals surface area contributed by atoms with Crippen molar-refractivity contribution >= 4 is 171 Å². The zero-order chi connectivity index (χ0) is 101. The first kappa shape index (κ1) is 97.0. The van der Waals surface area contributed by atoms with Crippen LogP contribution in [0.15, 0.2) is 243 Å². The molecule has 10 aromatic carbocycles. The Balaban J connectivity index is 0.000000118. The molecule has 22 rings (SSSR count). The summed E-state index contributed by atoms with van der Waals surface area (Å²) in [6.45, 7) is 7.26. The Bertz CT molecular complexity index is 8290. The molecular weight excluding hydrogens is 1940 g/mol. The Kier molecular flexibility index (Phi) is 28.3. The van der Waals surface area contributed by atoms with Crippen molar-refractivity contribution in [3.63, 3.8) is 0 Å². The minimum atomic E-state index is -0.692. The molecule has 2 saturated carbocycles. The second-order valence-electron chi connectivity index (χ2n) is 33.8. The fourth-order valence-corrected chi connectivity index (χ4v) is 16.8. The number of esters is 5. The van der Waals surface area contributed by atoms with Gasteiger partial charge in [0.1, 0.15) is 17.8 Å². The van der Waals surface area contributed by atoms with Gasteiger partial charge in [-0.15, -0.1) is 0 Å². The molecule has 2 fully saturated rings. The number of halogens is 5. The zero-order valence-corrected chi connectivity index (χ0v) is 80.8. The monoisotopic (exact) mass is 2020 g/mol. The van der Waals surface area contributed by atoms with Gasteiger partial charge < -0.3 is 52.4 Å². The summed E-state index contributed by atoms with van der Waals surface area (Å²) in [7, 11) is 1.27. The molecule has 2 aliphatic rings. The molecule has 15 N–H and O–H groups in total. The van der Waals surface area contributed by atoms with E-state index in [4.69, 9.17) is 110 Å². The standard InChI is InChI=1S/C22H18ClN5O2.C22H20ClN5O2.C21H16ClN5O2.C20H16ClN5O2.C19H14ClN5O2/c23-16-10-13(9-14-11-25-28-17(14)16)19-18(12-5-2-1-3-6-12)27-21(24)20(26-19)22(29)30-15-7-4-8-15;1-22(2,3)30-21(29)19-20(24)27-17(12-7-5-4-6-8-12)18(26-19)13-9-14-11-25-28-16(14)15(23)10-13;22-15-9-12(8-13-10-24-27-16(13)15)18-17(11-4-2-1-3-5-11)26-20(23)19(25-18)21(28)29-14-6-7-14;1-2-28-20(27)18-19(22)25-16(11-6-4-3-5-7-11)17(24-18)12-8-13-10-23-26-15(13)14(21)9-12;1-27-19(26)17-18(21)24-15(10-5-3-2-4-6-10)16(23-17)11-7-12-9-22-25-14(12)13(20)8-11/h1-3,5-6,9-11,15H,4,7-8H2,(H2,24,27)(H,25,28);4-11H,1-3H3,(H2,24,27)(H,25,28);1-5,8-10,14H,6-7H2,(H2,23,26)(H,24,27);3-10H,2H2,1H3,(H2,22,25)(H,23,26);2-9H,1H3,(H2,21,24)(H,22,25). The number of hydrogen-bond donors (Lipinski definition) is 10. The lowest BCUT2D eigenvalue weighted by Crippen LogP contribution is -2.26. The molecule has 0 radical (unpaired) electrons. The first-order valence-corrected chi connectivity index (χ1v) is 46.7. The van der Waals surface area contributed by atoms with E-state index in [9.17, 15) is 24.0 Å². The highest BCUT2D eigenvalue weighted by Gasteiger charge is 2.33. The number of carbonyl (C=O) groups is 5. The Morgan fingerprint density at radius 3 is 0.743 bits per heavy atom. The number of hydrogen-bond acceptors (Lipinski definition) is 30. The number of H-pyrrole nitrogens is 5. The number of nitrogens with two attached hydrogens (primary N) is 5.